The molecule has 2 aromatic rings. The second-order valence-corrected chi connectivity index (χ2v) is 6.72. The minimum Gasteiger partial charge on any atom is -0.368 e. The zero-order valence-corrected chi connectivity index (χ0v) is 13.7. The molecule has 0 aliphatic rings. The van der Waals surface area contributed by atoms with Crippen molar-refractivity contribution in [1.29, 1.82) is 5.26 Å². The van der Waals surface area contributed by atoms with Crippen LogP contribution in [0.15, 0.2) is 23.2 Å². The Morgan fingerprint density at radius 3 is 2.57 bits per heavy atom. The van der Waals surface area contributed by atoms with E-state index in [0.29, 0.717) is 28.8 Å². The summed E-state index contributed by atoms with van der Waals surface area (Å²) in [6.07, 6.45) is 2.27. The van der Waals surface area contributed by atoms with E-state index in [0.717, 1.165) is 5.56 Å². The number of anilines is 1. The fourth-order valence-corrected chi connectivity index (χ4v) is 3.26. The first-order valence-electron chi connectivity index (χ1n) is 6.86. The lowest BCUT2D eigenvalue weighted by Gasteiger charge is -2.14. The van der Waals surface area contributed by atoms with Crippen LogP contribution in [-0.2, 0) is 16.4 Å². The zero-order chi connectivity index (χ0) is 17.2. The molecule has 1 heterocycles. The number of nitrogens with zero attached hydrogens (tertiary/aromatic N) is 3. The lowest BCUT2D eigenvalue weighted by molar-refractivity contribution is 0.597. The first kappa shape index (κ1) is 16.9. The van der Waals surface area contributed by atoms with Gasteiger partial charge in [-0.3, -0.25) is 0 Å². The molecule has 0 saturated heterocycles. The van der Waals surface area contributed by atoms with Gasteiger partial charge in [0.05, 0.1) is 16.7 Å². The monoisotopic (exact) mass is 331 g/mol. The molecule has 0 spiro atoms. The van der Waals surface area contributed by atoms with E-state index in [1.807, 2.05) is 6.07 Å². The van der Waals surface area contributed by atoms with Gasteiger partial charge in [0.2, 0.25) is 16.0 Å². The summed E-state index contributed by atoms with van der Waals surface area (Å²) in [5.74, 6) is 0.148. The predicted molar refractivity (Wildman–Crippen MR) is 86.7 cm³/mol. The van der Waals surface area contributed by atoms with Crippen molar-refractivity contribution in [2.24, 2.45) is 5.14 Å². The number of rotatable bonds is 4. The van der Waals surface area contributed by atoms with Gasteiger partial charge in [0.25, 0.3) is 0 Å². The molecule has 8 heteroatoms. The fraction of sp³-hybridized carbons (Fsp3) is 0.267. The third-order valence-corrected chi connectivity index (χ3v) is 4.63. The van der Waals surface area contributed by atoms with Crippen LogP contribution >= 0.6 is 0 Å². The molecular formula is C15H17N5O2S. The van der Waals surface area contributed by atoms with Gasteiger partial charge in [-0.15, -0.1) is 0 Å². The van der Waals surface area contributed by atoms with Crippen molar-refractivity contribution in [1.82, 2.24) is 9.97 Å². The number of sulfonamides is 1. The lowest BCUT2D eigenvalue weighted by Crippen LogP contribution is -2.15. The second kappa shape index (κ2) is 6.32. The molecule has 1 aromatic heterocycles. The molecule has 0 aliphatic carbocycles. The Balaban J connectivity index is 2.71. The summed E-state index contributed by atoms with van der Waals surface area (Å²) in [5.41, 5.74) is 8.79. The van der Waals surface area contributed by atoms with Crippen LogP contribution in [0.1, 0.15) is 23.2 Å². The Hall–Kier alpha value is -2.50. The quantitative estimate of drug-likeness (QED) is 0.870. The standard InChI is InChI=1S/C15H17N5O2S/c1-9-11(4-3-5-16)6-12(7-14(9)23(18,21)22)13-8-19-15(17)20-10(13)2/h6-8H,3-4H2,1-2H3,(H2,17,19,20)(H2,18,21,22). The number of nitriles is 1. The molecule has 0 aliphatic heterocycles. The summed E-state index contributed by atoms with van der Waals surface area (Å²) in [4.78, 5) is 8.09. The molecule has 0 unspecified atom stereocenters. The molecule has 0 amide bonds. The fourth-order valence-electron chi connectivity index (χ4n) is 2.42. The highest BCUT2D eigenvalue weighted by atomic mass is 32.2. The largest absolute Gasteiger partial charge is 0.368 e. The van der Waals surface area contributed by atoms with Crippen LogP contribution in [0.25, 0.3) is 11.1 Å². The molecule has 2 rings (SSSR count). The van der Waals surface area contributed by atoms with Crippen molar-refractivity contribution in [3.05, 3.63) is 35.2 Å². The first-order valence-corrected chi connectivity index (χ1v) is 8.41. The van der Waals surface area contributed by atoms with Gasteiger partial charge in [0.15, 0.2) is 0 Å². The number of aromatic nitrogens is 2. The smallest absolute Gasteiger partial charge is 0.238 e. The summed E-state index contributed by atoms with van der Waals surface area (Å²) >= 11 is 0. The molecule has 4 N–H and O–H groups in total. The number of hydrogen-bond donors (Lipinski definition) is 2. The van der Waals surface area contributed by atoms with Crippen LogP contribution in [0.3, 0.4) is 0 Å². The molecular weight excluding hydrogens is 314 g/mol. The van der Waals surface area contributed by atoms with Crippen LogP contribution in [-0.4, -0.2) is 18.4 Å². The van der Waals surface area contributed by atoms with Gasteiger partial charge in [-0.05, 0) is 43.0 Å². The number of nitrogen functional groups attached to an aromatic ring is 1. The van der Waals surface area contributed by atoms with Crippen LogP contribution < -0.4 is 10.9 Å². The summed E-state index contributed by atoms with van der Waals surface area (Å²) in [6, 6.07) is 5.40. The van der Waals surface area contributed by atoms with Crippen LogP contribution in [0.4, 0.5) is 5.95 Å². The van der Waals surface area contributed by atoms with E-state index in [-0.39, 0.29) is 17.3 Å². The van der Waals surface area contributed by atoms with Gasteiger partial charge in [-0.1, -0.05) is 6.07 Å². The Kier molecular flexibility index (Phi) is 4.63. The van der Waals surface area contributed by atoms with Crippen molar-refractivity contribution in [3.8, 4) is 17.2 Å². The van der Waals surface area contributed by atoms with Gasteiger partial charge in [0.1, 0.15) is 0 Å². The Labute approximate surface area is 135 Å². The van der Waals surface area contributed by atoms with E-state index in [4.69, 9.17) is 16.1 Å². The topological polar surface area (TPSA) is 136 Å². The summed E-state index contributed by atoms with van der Waals surface area (Å²) in [5, 5.41) is 14.1. The van der Waals surface area contributed by atoms with Crippen LogP contribution in [0.5, 0.6) is 0 Å². The van der Waals surface area contributed by atoms with Crippen molar-refractivity contribution < 1.29 is 8.42 Å². The Bertz CT molecular complexity index is 901. The SMILES string of the molecule is Cc1nc(N)ncc1-c1cc(CCC#N)c(C)c(S(N)(=O)=O)c1. The van der Waals surface area contributed by atoms with Crippen LogP contribution in [0.2, 0.25) is 0 Å². The molecule has 0 radical (unpaired) electrons. The predicted octanol–water partition coefficient (Wildman–Crippen LogP) is 1.45. The summed E-state index contributed by atoms with van der Waals surface area (Å²) in [7, 11) is -3.88. The lowest BCUT2D eigenvalue weighted by atomic mass is 9.97. The zero-order valence-electron chi connectivity index (χ0n) is 12.9. The third-order valence-electron chi connectivity index (χ3n) is 3.59. The number of aryl methyl sites for hydroxylation is 2. The molecule has 0 bridgehead atoms. The van der Waals surface area contributed by atoms with E-state index in [2.05, 4.69) is 16.0 Å². The van der Waals surface area contributed by atoms with E-state index >= 15 is 0 Å². The van der Waals surface area contributed by atoms with Gasteiger partial charge in [-0.25, -0.2) is 23.5 Å². The average molecular weight is 331 g/mol. The van der Waals surface area contributed by atoms with Crippen LogP contribution in [0, 0.1) is 25.2 Å². The second-order valence-electron chi connectivity index (χ2n) is 5.19. The molecule has 23 heavy (non-hydrogen) atoms. The maximum atomic E-state index is 11.9. The van der Waals surface area contributed by atoms with E-state index in [1.165, 1.54) is 6.07 Å². The van der Waals surface area contributed by atoms with E-state index in [1.54, 1.807) is 20.0 Å². The van der Waals surface area contributed by atoms with Gasteiger partial charge >= 0.3 is 0 Å². The molecule has 1 aromatic carbocycles. The average Bonchev–Trinajstić information content (AvgIpc) is 2.45. The highest BCUT2D eigenvalue weighted by molar-refractivity contribution is 7.89. The number of benzene rings is 1. The Morgan fingerprint density at radius 2 is 2.00 bits per heavy atom. The van der Waals surface area contributed by atoms with Crippen molar-refractivity contribution in [3.63, 3.8) is 0 Å². The molecule has 7 nitrogen and oxygen atoms in total. The van der Waals surface area contributed by atoms with Gasteiger partial charge in [0, 0.05) is 18.2 Å². The highest BCUT2D eigenvalue weighted by Gasteiger charge is 2.18. The summed E-state index contributed by atoms with van der Waals surface area (Å²) in [6.45, 7) is 3.45. The maximum Gasteiger partial charge on any atom is 0.238 e. The van der Waals surface area contributed by atoms with E-state index in [9.17, 15) is 8.42 Å². The number of primary sulfonamides is 1. The molecule has 0 saturated carbocycles. The highest BCUT2D eigenvalue weighted by Crippen LogP contribution is 2.29. The normalized spacial score (nSPS) is 11.2. The van der Waals surface area contributed by atoms with Crippen molar-refractivity contribution in [2.75, 3.05) is 5.73 Å². The molecule has 0 atom stereocenters. The molecule has 0 fully saturated rings. The summed E-state index contributed by atoms with van der Waals surface area (Å²) < 4.78 is 23.7. The van der Waals surface area contributed by atoms with E-state index < -0.39 is 10.0 Å². The van der Waals surface area contributed by atoms with Crippen molar-refractivity contribution >= 4 is 16.0 Å². The third kappa shape index (κ3) is 3.64. The van der Waals surface area contributed by atoms with Crippen molar-refractivity contribution in [2.45, 2.75) is 31.6 Å². The van der Waals surface area contributed by atoms with Gasteiger partial charge in [-0.2, -0.15) is 5.26 Å². The first-order chi connectivity index (χ1) is 10.7. The Morgan fingerprint density at radius 1 is 1.30 bits per heavy atom. The number of nitrogens with two attached hydrogens (primary N) is 2. The maximum absolute atomic E-state index is 11.9. The number of hydrogen-bond acceptors (Lipinski definition) is 6. The minimum atomic E-state index is -3.88. The minimum absolute atomic E-state index is 0.0409. The van der Waals surface area contributed by atoms with Gasteiger partial charge < -0.3 is 5.73 Å². The molecule has 120 valence electrons.